The van der Waals surface area contributed by atoms with Gasteiger partial charge in [0.15, 0.2) is 0 Å². The number of amides is 1. The molecule has 1 amide bonds. The predicted octanol–water partition coefficient (Wildman–Crippen LogP) is 3.41. The van der Waals surface area contributed by atoms with Gasteiger partial charge in [0, 0.05) is 17.5 Å². The first-order valence-corrected chi connectivity index (χ1v) is 8.29. The van der Waals surface area contributed by atoms with Gasteiger partial charge in [-0.1, -0.05) is 6.07 Å². The largest absolute Gasteiger partial charge is 0.494 e. The monoisotopic (exact) mass is 319 g/mol. The summed E-state index contributed by atoms with van der Waals surface area (Å²) in [4.78, 5) is 15.5. The highest BCUT2D eigenvalue weighted by Crippen LogP contribution is 2.25. The number of nitrogens with zero attached hydrogens (tertiary/aromatic N) is 1. The minimum Gasteiger partial charge on any atom is -0.494 e. The van der Waals surface area contributed by atoms with E-state index in [1.54, 1.807) is 23.5 Å². The lowest BCUT2D eigenvalue weighted by molar-refractivity contribution is -0.131. The van der Waals surface area contributed by atoms with Gasteiger partial charge in [0.1, 0.15) is 11.6 Å². The molecular formula is C17H18FNO2S. The molecular weight excluding hydrogens is 301 g/mol. The fraction of sp³-hybridized carbons (Fsp3) is 0.353. The predicted molar refractivity (Wildman–Crippen MR) is 84.7 cm³/mol. The molecule has 0 radical (unpaired) electrons. The molecule has 1 aromatic carbocycles. The van der Waals surface area contributed by atoms with Crippen LogP contribution in [0, 0.1) is 5.82 Å². The van der Waals surface area contributed by atoms with Crippen molar-refractivity contribution in [3.63, 3.8) is 0 Å². The molecule has 1 aliphatic rings. The number of benzene rings is 1. The summed E-state index contributed by atoms with van der Waals surface area (Å²) < 4.78 is 19.3. The van der Waals surface area contributed by atoms with E-state index >= 15 is 0 Å². The Kier molecular flexibility index (Phi) is 4.43. The number of fused-ring (bicyclic) bond motifs is 1. The lowest BCUT2D eigenvalue weighted by Gasteiger charge is -2.27. The summed E-state index contributed by atoms with van der Waals surface area (Å²) in [5, 5.41) is 2.06. The average Bonchev–Trinajstić information content (AvgIpc) is 2.97. The van der Waals surface area contributed by atoms with Crippen molar-refractivity contribution >= 4 is 17.2 Å². The minimum atomic E-state index is -0.381. The zero-order valence-corrected chi connectivity index (χ0v) is 13.3. The second-order valence-electron chi connectivity index (χ2n) is 5.30. The lowest BCUT2D eigenvalue weighted by atomic mass is 10.1. The molecule has 116 valence electrons. The van der Waals surface area contributed by atoms with Gasteiger partial charge in [0.05, 0.1) is 19.6 Å². The van der Waals surface area contributed by atoms with Gasteiger partial charge in [-0.3, -0.25) is 4.79 Å². The Balaban J connectivity index is 1.67. The van der Waals surface area contributed by atoms with E-state index in [-0.39, 0.29) is 18.1 Å². The molecule has 0 fully saturated rings. The normalized spacial score (nSPS) is 13.8. The molecule has 0 unspecified atom stereocenters. The molecule has 2 heterocycles. The third-order valence-corrected chi connectivity index (χ3v) is 4.80. The van der Waals surface area contributed by atoms with Crippen LogP contribution in [0.15, 0.2) is 29.6 Å². The van der Waals surface area contributed by atoms with Crippen LogP contribution in [0.2, 0.25) is 0 Å². The van der Waals surface area contributed by atoms with Crippen LogP contribution in [0.4, 0.5) is 4.39 Å². The molecule has 0 N–H and O–H groups in total. The van der Waals surface area contributed by atoms with Crippen molar-refractivity contribution in [3.05, 3.63) is 51.5 Å². The maximum Gasteiger partial charge on any atom is 0.227 e. The summed E-state index contributed by atoms with van der Waals surface area (Å²) in [6, 6.07) is 6.81. The van der Waals surface area contributed by atoms with Gasteiger partial charge >= 0.3 is 0 Å². The highest BCUT2D eigenvalue weighted by Gasteiger charge is 2.22. The van der Waals surface area contributed by atoms with Crippen LogP contribution in [0.25, 0.3) is 0 Å². The van der Waals surface area contributed by atoms with Gasteiger partial charge < -0.3 is 9.64 Å². The van der Waals surface area contributed by atoms with Crippen LogP contribution in [-0.2, 0) is 24.2 Å². The molecule has 0 atom stereocenters. The van der Waals surface area contributed by atoms with Crippen molar-refractivity contribution in [1.29, 1.82) is 0 Å². The van der Waals surface area contributed by atoms with E-state index < -0.39 is 0 Å². The summed E-state index contributed by atoms with van der Waals surface area (Å²) >= 11 is 1.68. The number of ether oxygens (including phenoxy) is 1. The number of carbonyl (C=O) groups excluding carboxylic acids is 1. The number of thiophene rings is 1. The molecule has 0 aliphatic carbocycles. The van der Waals surface area contributed by atoms with Crippen molar-refractivity contribution in [2.75, 3.05) is 13.2 Å². The first kappa shape index (κ1) is 15.0. The van der Waals surface area contributed by atoms with Crippen LogP contribution in [0.5, 0.6) is 5.75 Å². The Bertz CT molecular complexity index is 683. The molecule has 0 saturated carbocycles. The molecule has 0 bridgehead atoms. The Labute approximate surface area is 133 Å². The maximum absolute atomic E-state index is 14.0. The molecule has 22 heavy (non-hydrogen) atoms. The van der Waals surface area contributed by atoms with Crippen molar-refractivity contribution in [2.24, 2.45) is 0 Å². The third kappa shape index (κ3) is 3.14. The standard InChI is InChI=1S/C17H18FNO2S/c1-2-21-14-4-3-13(15(18)10-14)9-17(20)19-7-5-12-6-8-22-16(12)11-19/h3-4,6,8,10H,2,5,7,9,11H2,1H3. The quantitative estimate of drug-likeness (QED) is 0.864. The molecule has 1 aliphatic heterocycles. The topological polar surface area (TPSA) is 29.5 Å². The van der Waals surface area contributed by atoms with Crippen molar-refractivity contribution in [1.82, 2.24) is 4.90 Å². The number of hydrogen-bond donors (Lipinski definition) is 0. The summed E-state index contributed by atoms with van der Waals surface area (Å²) in [6.07, 6.45) is 0.981. The van der Waals surface area contributed by atoms with Crippen LogP contribution in [0.3, 0.4) is 0 Å². The minimum absolute atomic E-state index is 0.0258. The molecule has 0 spiro atoms. The van der Waals surface area contributed by atoms with Gasteiger partial charge in [-0.2, -0.15) is 0 Å². The lowest BCUT2D eigenvalue weighted by Crippen LogP contribution is -2.36. The Morgan fingerprint density at radius 2 is 2.27 bits per heavy atom. The molecule has 0 saturated heterocycles. The van der Waals surface area contributed by atoms with Crippen LogP contribution in [-0.4, -0.2) is 24.0 Å². The van der Waals surface area contributed by atoms with Crippen LogP contribution in [0.1, 0.15) is 22.9 Å². The van der Waals surface area contributed by atoms with Crippen molar-refractivity contribution in [3.8, 4) is 5.75 Å². The smallest absolute Gasteiger partial charge is 0.227 e. The summed E-state index contributed by atoms with van der Waals surface area (Å²) in [5.74, 6) is 0.0904. The van der Waals surface area contributed by atoms with Gasteiger partial charge in [-0.15, -0.1) is 11.3 Å². The van der Waals surface area contributed by atoms with Gasteiger partial charge in [-0.05, 0) is 42.0 Å². The zero-order chi connectivity index (χ0) is 15.5. The van der Waals surface area contributed by atoms with Crippen molar-refractivity contribution in [2.45, 2.75) is 26.3 Å². The van der Waals surface area contributed by atoms with E-state index in [1.807, 2.05) is 11.8 Å². The molecule has 3 rings (SSSR count). The number of carbonyl (C=O) groups is 1. The second kappa shape index (κ2) is 6.48. The SMILES string of the molecule is CCOc1ccc(CC(=O)N2CCc3ccsc3C2)c(F)c1. The first-order chi connectivity index (χ1) is 10.7. The van der Waals surface area contributed by atoms with Gasteiger partial charge in [0.25, 0.3) is 0 Å². The van der Waals surface area contributed by atoms with Crippen molar-refractivity contribution < 1.29 is 13.9 Å². The number of rotatable bonds is 4. The van der Waals surface area contributed by atoms with E-state index in [2.05, 4.69) is 11.4 Å². The van der Waals surface area contributed by atoms with E-state index in [9.17, 15) is 9.18 Å². The summed E-state index contributed by atoms with van der Waals surface area (Å²) in [7, 11) is 0. The van der Waals surface area contributed by atoms with Crippen LogP contribution < -0.4 is 4.74 Å². The molecule has 1 aromatic heterocycles. The van der Waals surface area contributed by atoms with E-state index in [0.29, 0.717) is 31.0 Å². The Morgan fingerprint density at radius 3 is 3.05 bits per heavy atom. The molecule has 3 nitrogen and oxygen atoms in total. The van der Waals surface area contributed by atoms with E-state index in [4.69, 9.17) is 4.74 Å². The number of hydrogen-bond acceptors (Lipinski definition) is 3. The second-order valence-corrected chi connectivity index (χ2v) is 6.30. The highest BCUT2D eigenvalue weighted by molar-refractivity contribution is 7.10. The fourth-order valence-electron chi connectivity index (χ4n) is 2.65. The Morgan fingerprint density at radius 1 is 1.41 bits per heavy atom. The molecule has 2 aromatic rings. The van der Waals surface area contributed by atoms with Gasteiger partial charge in [0.2, 0.25) is 5.91 Å². The third-order valence-electron chi connectivity index (χ3n) is 3.85. The van der Waals surface area contributed by atoms with Crippen LogP contribution >= 0.6 is 11.3 Å². The number of halogens is 1. The Hall–Kier alpha value is -1.88. The fourth-order valence-corrected chi connectivity index (χ4v) is 3.60. The van der Waals surface area contributed by atoms with Gasteiger partial charge in [-0.25, -0.2) is 4.39 Å². The highest BCUT2D eigenvalue weighted by atomic mass is 32.1. The summed E-state index contributed by atoms with van der Waals surface area (Å²) in [6.45, 7) is 3.70. The van der Waals surface area contributed by atoms with E-state index in [1.165, 1.54) is 16.5 Å². The first-order valence-electron chi connectivity index (χ1n) is 7.41. The zero-order valence-electron chi connectivity index (χ0n) is 12.5. The maximum atomic E-state index is 14.0. The molecule has 5 heteroatoms. The van der Waals surface area contributed by atoms with E-state index in [0.717, 1.165) is 6.42 Å². The average molecular weight is 319 g/mol. The summed E-state index contributed by atoms with van der Waals surface area (Å²) in [5.41, 5.74) is 1.76.